The van der Waals surface area contributed by atoms with E-state index in [1.807, 2.05) is 57.1 Å². The van der Waals surface area contributed by atoms with Crippen LogP contribution in [0.1, 0.15) is 34.7 Å². The fourth-order valence-electron chi connectivity index (χ4n) is 3.23. The second-order valence-electron chi connectivity index (χ2n) is 6.95. The van der Waals surface area contributed by atoms with Crippen molar-refractivity contribution in [1.29, 1.82) is 0 Å². The molecular formula is C23H26N4O2. The summed E-state index contributed by atoms with van der Waals surface area (Å²) in [6.45, 7) is 5.23. The molecule has 1 aromatic heterocycles. The van der Waals surface area contributed by atoms with Gasteiger partial charge in [0.25, 0.3) is 11.8 Å². The van der Waals surface area contributed by atoms with E-state index in [0.29, 0.717) is 30.0 Å². The number of nitrogens with one attached hydrogen (secondary N) is 1. The van der Waals surface area contributed by atoms with E-state index in [-0.39, 0.29) is 11.8 Å². The van der Waals surface area contributed by atoms with Gasteiger partial charge in [-0.1, -0.05) is 18.2 Å². The van der Waals surface area contributed by atoms with E-state index in [4.69, 9.17) is 0 Å². The van der Waals surface area contributed by atoms with Gasteiger partial charge < -0.3 is 15.1 Å². The number of pyridine rings is 1. The van der Waals surface area contributed by atoms with Gasteiger partial charge in [0.2, 0.25) is 0 Å². The maximum absolute atomic E-state index is 12.8. The molecule has 2 amide bonds. The van der Waals surface area contributed by atoms with Crippen molar-refractivity contribution < 1.29 is 9.59 Å². The van der Waals surface area contributed by atoms with Crippen molar-refractivity contribution in [2.75, 3.05) is 37.4 Å². The summed E-state index contributed by atoms with van der Waals surface area (Å²) < 4.78 is 0. The number of anilines is 2. The minimum absolute atomic E-state index is 0.0142. The molecule has 0 aliphatic heterocycles. The predicted octanol–water partition coefficient (Wildman–Crippen LogP) is 4.04. The maximum atomic E-state index is 12.8. The lowest BCUT2D eigenvalue weighted by molar-refractivity contribution is 0.0773. The summed E-state index contributed by atoms with van der Waals surface area (Å²) in [6, 6.07) is 16.5. The average molecular weight is 390 g/mol. The smallest absolute Gasteiger partial charge is 0.274 e. The zero-order valence-electron chi connectivity index (χ0n) is 17.3. The highest BCUT2D eigenvalue weighted by Crippen LogP contribution is 2.25. The SMILES string of the molecule is CCN(CC)C(=O)c1ccc(NC(=O)c2cc(N(C)C)c3ccccc3n2)cc1. The van der Waals surface area contributed by atoms with Crippen molar-refractivity contribution in [3.63, 3.8) is 0 Å². The summed E-state index contributed by atoms with van der Waals surface area (Å²) in [5, 5.41) is 3.86. The summed E-state index contributed by atoms with van der Waals surface area (Å²) in [4.78, 5) is 33.4. The first kappa shape index (κ1) is 20.3. The summed E-state index contributed by atoms with van der Waals surface area (Å²) in [6.07, 6.45) is 0. The normalized spacial score (nSPS) is 10.6. The third kappa shape index (κ3) is 4.37. The predicted molar refractivity (Wildman–Crippen MR) is 118 cm³/mol. The lowest BCUT2D eigenvalue weighted by Gasteiger charge is -2.18. The largest absolute Gasteiger partial charge is 0.377 e. The summed E-state index contributed by atoms with van der Waals surface area (Å²) in [7, 11) is 3.88. The van der Waals surface area contributed by atoms with Gasteiger partial charge in [0.05, 0.1) is 5.52 Å². The van der Waals surface area contributed by atoms with Crippen LogP contribution in [0.4, 0.5) is 11.4 Å². The van der Waals surface area contributed by atoms with E-state index in [1.54, 1.807) is 35.2 Å². The van der Waals surface area contributed by atoms with Crippen molar-refractivity contribution in [3.8, 4) is 0 Å². The zero-order valence-corrected chi connectivity index (χ0v) is 17.3. The number of benzene rings is 2. The molecule has 29 heavy (non-hydrogen) atoms. The second kappa shape index (κ2) is 8.73. The highest BCUT2D eigenvalue weighted by molar-refractivity contribution is 6.06. The molecule has 0 saturated carbocycles. The molecule has 0 unspecified atom stereocenters. The van der Waals surface area contributed by atoms with Gasteiger partial charge in [-0.2, -0.15) is 0 Å². The van der Waals surface area contributed by atoms with Crippen molar-refractivity contribution in [2.45, 2.75) is 13.8 Å². The molecule has 3 aromatic rings. The Kier molecular flexibility index (Phi) is 6.12. The highest BCUT2D eigenvalue weighted by Gasteiger charge is 2.15. The van der Waals surface area contributed by atoms with Crippen LogP contribution in [0.2, 0.25) is 0 Å². The number of aromatic nitrogens is 1. The fourth-order valence-corrected chi connectivity index (χ4v) is 3.23. The summed E-state index contributed by atoms with van der Waals surface area (Å²) >= 11 is 0. The lowest BCUT2D eigenvalue weighted by atomic mass is 10.1. The van der Waals surface area contributed by atoms with Crippen LogP contribution < -0.4 is 10.2 Å². The molecule has 1 heterocycles. The van der Waals surface area contributed by atoms with E-state index in [9.17, 15) is 9.59 Å². The Morgan fingerprint density at radius 2 is 1.62 bits per heavy atom. The Hall–Kier alpha value is -3.41. The Morgan fingerprint density at radius 3 is 2.24 bits per heavy atom. The van der Waals surface area contributed by atoms with Gasteiger partial charge in [-0.05, 0) is 50.2 Å². The number of nitrogens with zero attached hydrogens (tertiary/aromatic N) is 3. The molecule has 1 N–H and O–H groups in total. The van der Waals surface area contributed by atoms with Crippen LogP contribution in [-0.4, -0.2) is 48.9 Å². The van der Waals surface area contributed by atoms with E-state index in [0.717, 1.165) is 16.6 Å². The van der Waals surface area contributed by atoms with Gasteiger partial charge in [0.15, 0.2) is 0 Å². The molecule has 0 aliphatic rings. The number of hydrogen-bond donors (Lipinski definition) is 1. The molecule has 0 fully saturated rings. The molecule has 6 nitrogen and oxygen atoms in total. The van der Waals surface area contributed by atoms with Gasteiger partial charge in [0, 0.05) is 49.5 Å². The first-order valence-corrected chi connectivity index (χ1v) is 9.72. The average Bonchev–Trinajstić information content (AvgIpc) is 2.74. The van der Waals surface area contributed by atoms with Gasteiger partial charge in [-0.3, -0.25) is 9.59 Å². The molecule has 0 saturated heterocycles. The standard InChI is InChI=1S/C23H26N4O2/c1-5-27(6-2)23(29)16-11-13-17(14-12-16)24-22(28)20-15-21(26(3)4)18-9-7-8-10-19(18)25-20/h7-15H,5-6H2,1-4H3,(H,24,28). The van der Waals surface area contributed by atoms with Crippen molar-refractivity contribution in [3.05, 3.63) is 65.9 Å². The second-order valence-corrected chi connectivity index (χ2v) is 6.95. The summed E-state index contributed by atoms with van der Waals surface area (Å²) in [5.74, 6) is -0.304. The van der Waals surface area contributed by atoms with Gasteiger partial charge in [-0.25, -0.2) is 4.98 Å². The quantitative estimate of drug-likeness (QED) is 0.690. The molecule has 3 rings (SSSR count). The molecule has 0 aliphatic carbocycles. The van der Waals surface area contributed by atoms with Crippen LogP contribution in [0.15, 0.2) is 54.6 Å². The topological polar surface area (TPSA) is 65.5 Å². The van der Waals surface area contributed by atoms with Crippen LogP contribution >= 0.6 is 0 Å². The first-order valence-electron chi connectivity index (χ1n) is 9.72. The molecule has 0 spiro atoms. The number of para-hydroxylation sites is 1. The van der Waals surface area contributed by atoms with Crippen LogP contribution in [0.3, 0.4) is 0 Å². The lowest BCUT2D eigenvalue weighted by Crippen LogP contribution is -2.30. The first-order chi connectivity index (χ1) is 13.9. The number of carbonyl (C=O) groups excluding carboxylic acids is 2. The Balaban J connectivity index is 1.83. The fraction of sp³-hybridized carbons (Fsp3) is 0.261. The zero-order chi connectivity index (χ0) is 21.0. The van der Waals surface area contributed by atoms with Crippen LogP contribution in [0.25, 0.3) is 10.9 Å². The number of fused-ring (bicyclic) bond motifs is 1. The minimum atomic E-state index is -0.290. The highest BCUT2D eigenvalue weighted by atomic mass is 16.2. The minimum Gasteiger partial charge on any atom is -0.377 e. The number of amides is 2. The van der Waals surface area contributed by atoms with Gasteiger partial charge >= 0.3 is 0 Å². The van der Waals surface area contributed by atoms with Gasteiger partial charge in [0.1, 0.15) is 5.69 Å². The Bertz CT molecular complexity index is 1020. The van der Waals surface area contributed by atoms with E-state index in [1.165, 1.54) is 0 Å². The molecule has 150 valence electrons. The van der Waals surface area contributed by atoms with Crippen LogP contribution in [0, 0.1) is 0 Å². The number of hydrogen-bond acceptors (Lipinski definition) is 4. The Labute approximate surface area is 171 Å². The molecule has 0 atom stereocenters. The summed E-state index contributed by atoms with van der Waals surface area (Å²) in [5.41, 5.74) is 3.26. The third-order valence-electron chi connectivity index (χ3n) is 4.85. The Morgan fingerprint density at radius 1 is 0.966 bits per heavy atom. The number of carbonyl (C=O) groups is 2. The third-order valence-corrected chi connectivity index (χ3v) is 4.85. The monoisotopic (exact) mass is 390 g/mol. The maximum Gasteiger partial charge on any atom is 0.274 e. The molecular weight excluding hydrogens is 364 g/mol. The van der Waals surface area contributed by atoms with E-state index >= 15 is 0 Å². The van der Waals surface area contributed by atoms with Crippen LogP contribution in [-0.2, 0) is 0 Å². The van der Waals surface area contributed by atoms with E-state index in [2.05, 4.69) is 10.3 Å². The van der Waals surface area contributed by atoms with E-state index < -0.39 is 0 Å². The number of rotatable bonds is 6. The van der Waals surface area contributed by atoms with Crippen LogP contribution in [0.5, 0.6) is 0 Å². The molecule has 2 aromatic carbocycles. The molecule has 0 radical (unpaired) electrons. The van der Waals surface area contributed by atoms with Crippen molar-refractivity contribution in [1.82, 2.24) is 9.88 Å². The van der Waals surface area contributed by atoms with Crippen molar-refractivity contribution >= 4 is 34.1 Å². The molecule has 0 bridgehead atoms. The van der Waals surface area contributed by atoms with Crippen molar-refractivity contribution in [2.24, 2.45) is 0 Å². The molecule has 6 heteroatoms. The van der Waals surface area contributed by atoms with Gasteiger partial charge in [-0.15, -0.1) is 0 Å².